The van der Waals surface area contributed by atoms with E-state index in [9.17, 15) is 4.79 Å². The minimum atomic E-state index is -0.170. The van der Waals surface area contributed by atoms with Crippen LogP contribution in [0.5, 0.6) is 0 Å². The molecule has 4 nitrogen and oxygen atoms in total. The first-order valence-corrected chi connectivity index (χ1v) is 5.82. The summed E-state index contributed by atoms with van der Waals surface area (Å²) in [5.41, 5.74) is 1.08. The summed E-state index contributed by atoms with van der Waals surface area (Å²) in [7, 11) is 0. The average molecular weight is 245 g/mol. The second kappa shape index (κ2) is 5.36. The molecule has 0 atom stereocenters. The van der Waals surface area contributed by atoms with Crippen LogP contribution in [0.15, 0.2) is 52.5 Å². The van der Waals surface area contributed by atoms with E-state index in [1.165, 1.54) is 11.8 Å². The zero-order valence-corrected chi connectivity index (χ0v) is 9.78. The van der Waals surface area contributed by atoms with Crippen molar-refractivity contribution in [3.8, 4) is 0 Å². The molecule has 0 spiro atoms. The van der Waals surface area contributed by atoms with Crippen LogP contribution in [-0.2, 0) is 4.79 Å². The van der Waals surface area contributed by atoms with Crippen molar-refractivity contribution in [2.24, 2.45) is 10.9 Å². The standard InChI is InChI=1S/C12H11N3OS/c13-15-12-14-11(16)10(17-12)8-4-7-9-5-2-1-3-6-9/h1-8H,13H2,(H,14,15,16). The van der Waals surface area contributed by atoms with Gasteiger partial charge in [-0.2, -0.15) is 5.10 Å². The van der Waals surface area contributed by atoms with Gasteiger partial charge < -0.3 is 5.84 Å². The Morgan fingerprint density at radius 1 is 1.29 bits per heavy atom. The summed E-state index contributed by atoms with van der Waals surface area (Å²) in [6.07, 6.45) is 5.50. The molecule has 0 unspecified atom stereocenters. The normalized spacial score (nSPS) is 20.4. The van der Waals surface area contributed by atoms with Gasteiger partial charge in [0.1, 0.15) is 0 Å². The number of nitrogens with one attached hydrogen (secondary N) is 1. The fourth-order valence-electron chi connectivity index (χ4n) is 1.31. The van der Waals surface area contributed by atoms with Crippen LogP contribution < -0.4 is 11.2 Å². The van der Waals surface area contributed by atoms with Gasteiger partial charge in [0, 0.05) is 0 Å². The fourth-order valence-corrected chi connectivity index (χ4v) is 2.01. The third-order valence-electron chi connectivity index (χ3n) is 2.10. The van der Waals surface area contributed by atoms with Crippen molar-refractivity contribution in [2.75, 3.05) is 0 Å². The number of hydrogen-bond acceptors (Lipinski definition) is 4. The SMILES string of the molecule is NN=C1NC(=O)C(=CC=Cc2ccccc2)S1. The highest BCUT2D eigenvalue weighted by atomic mass is 32.2. The highest BCUT2D eigenvalue weighted by molar-refractivity contribution is 8.18. The Hall–Kier alpha value is -2.01. The number of nitrogens with zero attached hydrogens (tertiary/aromatic N) is 1. The fraction of sp³-hybridized carbons (Fsp3) is 0. The van der Waals surface area contributed by atoms with Crippen LogP contribution in [0.1, 0.15) is 5.56 Å². The third kappa shape index (κ3) is 2.98. The third-order valence-corrected chi connectivity index (χ3v) is 3.05. The largest absolute Gasteiger partial charge is 0.321 e. The maximum Gasteiger partial charge on any atom is 0.264 e. The zero-order chi connectivity index (χ0) is 12.1. The van der Waals surface area contributed by atoms with Crippen molar-refractivity contribution in [2.45, 2.75) is 0 Å². The summed E-state index contributed by atoms with van der Waals surface area (Å²) in [4.78, 5) is 12.0. The van der Waals surface area contributed by atoms with Gasteiger partial charge in [-0.25, -0.2) is 0 Å². The van der Waals surface area contributed by atoms with E-state index < -0.39 is 0 Å². The molecule has 3 N–H and O–H groups in total. The number of amides is 1. The van der Waals surface area contributed by atoms with E-state index in [2.05, 4.69) is 10.4 Å². The molecule has 1 aromatic rings. The van der Waals surface area contributed by atoms with Crippen molar-refractivity contribution in [3.63, 3.8) is 0 Å². The average Bonchev–Trinajstić information content (AvgIpc) is 2.72. The van der Waals surface area contributed by atoms with Gasteiger partial charge >= 0.3 is 0 Å². The lowest BCUT2D eigenvalue weighted by atomic mass is 10.2. The number of rotatable bonds is 2. The van der Waals surface area contributed by atoms with Crippen molar-refractivity contribution < 1.29 is 4.79 Å². The molecule has 1 fully saturated rings. The van der Waals surface area contributed by atoms with Crippen LogP contribution in [0.3, 0.4) is 0 Å². The molecule has 1 heterocycles. The summed E-state index contributed by atoms with van der Waals surface area (Å²) < 4.78 is 0. The summed E-state index contributed by atoms with van der Waals surface area (Å²) in [6.45, 7) is 0. The number of carbonyl (C=O) groups excluding carboxylic acids is 1. The van der Waals surface area contributed by atoms with Crippen molar-refractivity contribution >= 4 is 28.9 Å². The maximum atomic E-state index is 11.4. The van der Waals surface area contributed by atoms with E-state index in [1.54, 1.807) is 6.08 Å². The minimum Gasteiger partial charge on any atom is -0.321 e. The highest BCUT2D eigenvalue weighted by Crippen LogP contribution is 2.22. The number of allylic oxidation sites excluding steroid dienone is 2. The number of carbonyl (C=O) groups is 1. The van der Waals surface area contributed by atoms with Gasteiger partial charge in [-0.3, -0.25) is 10.1 Å². The van der Waals surface area contributed by atoms with Gasteiger partial charge in [0.05, 0.1) is 4.91 Å². The molecular weight excluding hydrogens is 234 g/mol. The van der Waals surface area contributed by atoms with E-state index >= 15 is 0 Å². The Morgan fingerprint density at radius 3 is 2.71 bits per heavy atom. The van der Waals surface area contributed by atoms with E-state index in [4.69, 9.17) is 5.84 Å². The molecule has 1 aromatic carbocycles. The smallest absolute Gasteiger partial charge is 0.264 e. The molecule has 0 radical (unpaired) electrons. The van der Waals surface area contributed by atoms with E-state index in [1.807, 2.05) is 42.5 Å². The second-order valence-electron chi connectivity index (χ2n) is 3.29. The van der Waals surface area contributed by atoms with Gasteiger partial charge in [-0.05, 0) is 23.4 Å². The first-order chi connectivity index (χ1) is 8.29. The summed E-state index contributed by atoms with van der Waals surface area (Å²) in [6, 6.07) is 9.86. The number of benzene rings is 1. The van der Waals surface area contributed by atoms with Crippen LogP contribution in [0, 0.1) is 0 Å². The van der Waals surface area contributed by atoms with Crippen LogP contribution in [0.2, 0.25) is 0 Å². The molecular formula is C12H11N3OS. The Bertz CT molecular complexity index is 506. The predicted molar refractivity (Wildman–Crippen MR) is 70.9 cm³/mol. The summed E-state index contributed by atoms with van der Waals surface area (Å²) in [5.74, 6) is 4.92. The molecule has 1 aliphatic heterocycles. The number of nitrogens with two attached hydrogens (primary N) is 1. The van der Waals surface area contributed by atoms with E-state index in [0.717, 1.165) is 5.56 Å². The van der Waals surface area contributed by atoms with Crippen molar-refractivity contribution in [1.29, 1.82) is 0 Å². The molecule has 1 aliphatic rings. The van der Waals surface area contributed by atoms with Gasteiger partial charge in [-0.15, -0.1) is 0 Å². The lowest BCUT2D eigenvalue weighted by Crippen LogP contribution is -2.20. The Labute approximate surface area is 103 Å². The minimum absolute atomic E-state index is 0.170. The number of thioether (sulfide) groups is 1. The first-order valence-electron chi connectivity index (χ1n) is 5.00. The lowest BCUT2D eigenvalue weighted by molar-refractivity contribution is -0.115. The molecule has 2 rings (SSSR count). The molecule has 1 amide bonds. The van der Waals surface area contributed by atoms with Crippen LogP contribution in [-0.4, -0.2) is 11.1 Å². The molecule has 0 saturated carbocycles. The number of amidine groups is 1. The summed E-state index contributed by atoms with van der Waals surface area (Å²) >= 11 is 1.23. The molecule has 0 bridgehead atoms. The van der Waals surface area contributed by atoms with Gasteiger partial charge in [0.15, 0.2) is 5.17 Å². The van der Waals surface area contributed by atoms with Crippen molar-refractivity contribution in [3.05, 3.63) is 53.0 Å². The van der Waals surface area contributed by atoms with Gasteiger partial charge in [0.2, 0.25) is 0 Å². The first kappa shape index (κ1) is 11.5. The van der Waals surface area contributed by atoms with Gasteiger partial charge in [0.25, 0.3) is 5.91 Å². The summed E-state index contributed by atoms with van der Waals surface area (Å²) in [5, 5.41) is 6.41. The Morgan fingerprint density at radius 2 is 2.06 bits per heavy atom. The lowest BCUT2D eigenvalue weighted by Gasteiger charge is -1.89. The molecule has 0 aliphatic carbocycles. The number of hydrazone groups is 1. The maximum absolute atomic E-state index is 11.4. The molecule has 5 heteroatoms. The molecule has 17 heavy (non-hydrogen) atoms. The molecule has 86 valence electrons. The highest BCUT2D eigenvalue weighted by Gasteiger charge is 2.22. The quantitative estimate of drug-likeness (QED) is 0.473. The zero-order valence-electron chi connectivity index (χ0n) is 8.96. The van der Waals surface area contributed by atoms with Crippen LogP contribution in [0.25, 0.3) is 6.08 Å². The monoisotopic (exact) mass is 245 g/mol. The van der Waals surface area contributed by atoms with Crippen molar-refractivity contribution in [1.82, 2.24) is 5.32 Å². The van der Waals surface area contributed by atoms with Crippen LogP contribution >= 0.6 is 11.8 Å². The Balaban J connectivity index is 2.07. The molecule has 0 aromatic heterocycles. The van der Waals surface area contributed by atoms with E-state index in [0.29, 0.717) is 10.1 Å². The molecule has 1 saturated heterocycles. The predicted octanol–water partition coefficient (Wildman–Crippen LogP) is 1.68. The Kier molecular flexibility index (Phi) is 3.62. The number of hydrogen-bond donors (Lipinski definition) is 2. The second-order valence-corrected chi connectivity index (χ2v) is 4.32. The topological polar surface area (TPSA) is 67.5 Å². The van der Waals surface area contributed by atoms with Gasteiger partial charge in [-0.1, -0.05) is 42.5 Å². The van der Waals surface area contributed by atoms with E-state index in [-0.39, 0.29) is 5.91 Å². The van der Waals surface area contributed by atoms with Crippen LogP contribution in [0.4, 0.5) is 0 Å².